The Morgan fingerprint density at radius 3 is 2.57 bits per heavy atom. The highest BCUT2D eigenvalue weighted by molar-refractivity contribution is 9.13. The third kappa shape index (κ3) is 5.71. The molecule has 156 valence electrons. The molecule has 0 saturated heterocycles. The quantitative estimate of drug-likeness (QED) is 0.348. The van der Waals surface area contributed by atoms with Gasteiger partial charge in [0.1, 0.15) is 18.1 Å². The van der Waals surface area contributed by atoms with Gasteiger partial charge >= 0.3 is 0 Å². The first-order chi connectivity index (χ1) is 14.5. The molecule has 0 aliphatic heterocycles. The van der Waals surface area contributed by atoms with E-state index in [9.17, 15) is 9.59 Å². The number of anilines is 1. The van der Waals surface area contributed by atoms with Gasteiger partial charge < -0.3 is 26.1 Å². The van der Waals surface area contributed by atoms with Crippen molar-refractivity contribution in [3.05, 3.63) is 80.5 Å². The van der Waals surface area contributed by atoms with Crippen molar-refractivity contribution in [2.24, 2.45) is 5.73 Å². The van der Waals surface area contributed by atoms with Gasteiger partial charge in [-0.1, -0.05) is 24.3 Å². The maximum absolute atomic E-state index is 12.5. The van der Waals surface area contributed by atoms with E-state index in [1.807, 2.05) is 18.2 Å². The lowest BCUT2D eigenvalue weighted by molar-refractivity contribution is 0.0953. The summed E-state index contributed by atoms with van der Waals surface area (Å²) in [5.74, 6) is 0.0442. The van der Waals surface area contributed by atoms with Crippen molar-refractivity contribution in [3.63, 3.8) is 0 Å². The van der Waals surface area contributed by atoms with Crippen molar-refractivity contribution in [3.8, 4) is 5.75 Å². The van der Waals surface area contributed by atoms with E-state index in [4.69, 9.17) is 10.5 Å². The zero-order chi connectivity index (χ0) is 21.5. The highest BCUT2D eigenvalue weighted by Crippen LogP contribution is 2.27. The number of nitrogens with one attached hydrogen (secondary N) is 3. The number of H-pyrrole nitrogens is 1. The van der Waals surface area contributed by atoms with Crippen LogP contribution < -0.4 is 21.1 Å². The number of ether oxygens (including phenoxy) is 1. The van der Waals surface area contributed by atoms with E-state index in [1.165, 1.54) is 0 Å². The molecule has 0 atom stereocenters. The number of para-hydroxylation sites is 2. The SMILES string of the molecule is NCCNC(=O)c1cccc(COc2ccccc2NC(=O)c2cc(Br)c(Br)[nH]2)c1. The minimum absolute atomic E-state index is 0.182. The largest absolute Gasteiger partial charge is 0.487 e. The first kappa shape index (κ1) is 22.1. The van der Waals surface area contributed by atoms with Gasteiger partial charge in [-0.15, -0.1) is 0 Å². The fraction of sp³-hybridized carbons (Fsp3) is 0.143. The van der Waals surface area contributed by atoms with Gasteiger partial charge in [0.15, 0.2) is 0 Å². The van der Waals surface area contributed by atoms with Crippen LogP contribution in [0.25, 0.3) is 0 Å². The van der Waals surface area contributed by atoms with Gasteiger partial charge in [-0.2, -0.15) is 0 Å². The summed E-state index contributed by atoms with van der Waals surface area (Å²) in [5, 5.41) is 5.58. The van der Waals surface area contributed by atoms with Crippen LogP contribution in [0.4, 0.5) is 5.69 Å². The predicted octanol–water partition coefficient (Wildman–Crippen LogP) is 4.06. The van der Waals surface area contributed by atoms with Gasteiger partial charge in [0.2, 0.25) is 0 Å². The standard InChI is InChI=1S/C21H20Br2N4O3/c22-15-11-17(26-19(15)23)21(29)27-16-6-1-2-7-18(16)30-12-13-4-3-5-14(10-13)20(28)25-9-8-24/h1-7,10-11,26H,8-9,12,24H2,(H,25,28)(H,27,29). The van der Waals surface area contributed by atoms with Gasteiger partial charge in [-0.25, -0.2) is 0 Å². The molecule has 5 N–H and O–H groups in total. The van der Waals surface area contributed by atoms with Crippen LogP contribution in [0.5, 0.6) is 5.75 Å². The van der Waals surface area contributed by atoms with E-state index in [-0.39, 0.29) is 18.4 Å². The lowest BCUT2D eigenvalue weighted by atomic mass is 10.1. The lowest BCUT2D eigenvalue weighted by Gasteiger charge is -2.13. The highest BCUT2D eigenvalue weighted by Gasteiger charge is 2.14. The summed E-state index contributed by atoms with van der Waals surface area (Å²) in [6.45, 7) is 1.04. The van der Waals surface area contributed by atoms with E-state index < -0.39 is 0 Å². The molecule has 9 heteroatoms. The van der Waals surface area contributed by atoms with E-state index in [0.29, 0.717) is 40.4 Å². The second-order valence-electron chi connectivity index (χ2n) is 6.33. The van der Waals surface area contributed by atoms with Crippen molar-refractivity contribution in [1.29, 1.82) is 0 Å². The van der Waals surface area contributed by atoms with E-state index in [1.54, 1.807) is 36.4 Å². The van der Waals surface area contributed by atoms with Crippen molar-refractivity contribution < 1.29 is 14.3 Å². The smallest absolute Gasteiger partial charge is 0.272 e. The molecule has 1 heterocycles. The molecule has 0 aliphatic carbocycles. The number of hydrogen-bond donors (Lipinski definition) is 4. The summed E-state index contributed by atoms with van der Waals surface area (Å²) in [5.41, 5.74) is 7.73. The third-order valence-corrected chi connectivity index (χ3v) is 5.90. The van der Waals surface area contributed by atoms with Gasteiger partial charge in [0, 0.05) is 18.7 Å². The summed E-state index contributed by atoms with van der Waals surface area (Å²) >= 11 is 6.67. The van der Waals surface area contributed by atoms with Crippen LogP contribution in [0.15, 0.2) is 63.7 Å². The molecule has 2 aromatic carbocycles. The molecule has 0 spiro atoms. The number of carbonyl (C=O) groups is 2. The van der Waals surface area contributed by atoms with Crippen LogP contribution >= 0.6 is 31.9 Å². The predicted molar refractivity (Wildman–Crippen MR) is 123 cm³/mol. The number of aromatic nitrogens is 1. The number of aromatic amines is 1. The van der Waals surface area contributed by atoms with Crippen LogP contribution in [0.3, 0.4) is 0 Å². The molecule has 0 saturated carbocycles. The summed E-state index contributed by atoms with van der Waals surface area (Å²) in [7, 11) is 0. The van der Waals surface area contributed by atoms with E-state index >= 15 is 0 Å². The van der Waals surface area contributed by atoms with Crippen LogP contribution in [0, 0.1) is 0 Å². The second kappa shape index (κ2) is 10.4. The molecule has 0 bridgehead atoms. The van der Waals surface area contributed by atoms with Crippen molar-refractivity contribution in [1.82, 2.24) is 10.3 Å². The van der Waals surface area contributed by atoms with E-state index in [2.05, 4.69) is 47.5 Å². The third-order valence-electron chi connectivity index (χ3n) is 4.12. The molecule has 3 rings (SSSR count). The summed E-state index contributed by atoms with van der Waals surface area (Å²) < 4.78 is 7.35. The number of amides is 2. The Balaban J connectivity index is 1.68. The minimum atomic E-state index is -0.295. The number of halogens is 2. The van der Waals surface area contributed by atoms with Crippen molar-refractivity contribution in [2.45, 2.75) is 6.61 Å². The number of benzene rings is 2. The second-order valence-corrected chi connectivity index (χ2v) is 7.98. The zero-order valence-corrected chi connectivity index (χ0v) is 19.0. The maximum atomic E-state index is 12.5. The zero-order valence-electron chi connectivity index (χ0n) is 15.9. The molecule has 0 aliphatic rings. The Morgan fingerprint density at radius 1 is 1.03 bits per heavy atom. The minimum Gasteiger partial charge on any atom is -0.487 e. The van der Waals surface area contributed by atoms with Crippen LogP contribution in [-0.2, 0) is 6.61 Å². The normalized spacial score (nSPS) is 10.5. The fourth-order valence-electron chi connectivity index (χ4n) is 2.66. The van der Waals surface area contributed by atoms with Crippen LogP contribution in [0.2, 0.25) is 0 Å². The summed E-state index contributed by atoms with van der Waals surface area (Å²) in [4.78, 5) is 27.6. The monoisotopic (exact) mass is 534 g/mol. The van der Waals surface area contributed by atoms with Crippen molar-refractivity contribution >= 4 is 49.4 Å². The summed E-state index contributed by atoms with van der Waals surface area (Å²) in [6, 6.07) is 16.0. The molecule has 1 aromatic heterocycles. The van der Waals surface area contributed by atoms with E-state index in [0.717, 1.165) is 10.0 Å². The summed E-state index contributed by atoms with van der Waals surface area (Å²) in [6.07, 6.45) is 0. The molecule has 2 amide bonds. The molecular weight excluding hydrogens is 516 g/mol. The molecule has 0 radical (unpaired) electrons. The highest BCUT2D eigenvalue weighted by atomic mass is 79.9. The van der Waals surface area contributed by atoms with Gasteiger partial charge in [0.05, 0.1) is 14.8 Å². The molecule has 3 aromatic rings. The average molecular weight is 536 g/mol. The van der Waals surface area contributed by atoms with Gasteiger partial charge in [-0.3, -0.25) is 9.59 Å². The first-order valence-electron chi connectivity index (χ1n) is 9.12. The Kier molecular flexibility index (Phi) is 7.67. The lowest BCUT2D eigenvalue weighted by Crippen LogP contribution is -2.29. The van der Waals surface area contributed by atoms with Crippen molar-refractivity contribution in [2.75, 3.05) is 18.4 Å². The average Bonchev–Trinajstić information content (AvgIpc) is 3.10. The van der Waals surface area contributed by atoms with Crippen LogP contribution in [0.1, 0.15) is 26.4 Å². The number of hydrogen-bond acceptors (Lipinski definition) is 4. The van der Waals surface area contributed by atoms with Gasteiger partial charge in [-0.05, 0) is 67.8 Å². The molecule has 0 fully saturated rings. The van der Waals surface area contributed by atoms with Gasteiger partial charge in [0.25, 0.3) is 11.8 Å². The fourth-order valence-corrected chi connectivity index (χ4v) is 3.32. The molecular formula is C21H20Br2N4O3. The number of carbonyl (C=O) groups excluding carboxylic acids is 2. The topological polar surface area (TPSA) is 109 Å². The first-order valence-corrected chi connectivity index (χ1v) is 10.7. The molecule has 30 heavy (non-hydrogen) atoms. The Hall–Kier alpha value is -2.62. The maximum Gasteiger partial charge on any atom is 0.272 e. The van der Waals surface area contributed by atoms with Crippen LogP contribution in [-0.4, -0.2) is 29.9 Å². The number of rotatable bonds is 8. The molecule has 0 unspecified atom stereocenters. The molecule has 7 nitrogen and oxygen atoms in total. The Morgan fingerprint density at radius 2 is 1.83 bits per heavy atom. The Bertz CT molecular complexity index is 1030. The number of nitrogens with two attached hydrogens (primary N) is 1. The Labute approximate surface area is 190 Å².